The largest absolute Gasteiger partial charge is 0.389 e. The van der Waals surface area contributed by atoms with Crippen molar-refractivity contribution in [2.75, 3.05) is 25.5 Å². The van der Waals surface area contributed by atoms with Crippen molar-refractivity contribution in [2.24, 2.45) is 0 Å². The van der Waals surface area contributed by atoms with Gasteiger partial charge in [0.05, 0.1) is 16.3 Å². The van der Waals surface area contributed by atoms with Crippen LogP contribution in [-0.2, 0) is 4.79 Å². The van der Waals surface area contributed by atoms with Gasteiger partial charge in [0.15, 0.2) is 0 Å². The molecule has 112 valence electrons. The predicted octanol–water partition coefficient (Wildman–Crippen LogP) is 3.02. The molecule has 0 saturated heterocycles. The van der Waals surface area contributed by atoms with Crippen LogP contribution in [0.15, 0.2) is 18.2 Å². The Labute approximate surface area is 129 Å². The molecule has 20 heavy (non-hydrogen) atoms. The number of carbonyl (C=O) groups is 1. The molecular formula is C14H20Cl2N2O2. The smallest absolute Gasteiger partial charge is 0.225 e. The van der Waals surface area contributed by atoms with E-state index in [0.717, 1.165) is 0 Å². The summed E-state index contributed by atoms with van der Waals surface area (Å²) in [7, 11) is 1.86. The fourth-order valence-electron chi connectivity index (χ4n) is 1.84. The van der Waals surface area contributed by atoms with Crippen LogP contribution in [-0.4, -0.2) is 41.7 Å². The maximum atomic E-state index is 11.8. The summed E-state index contributed by atoms with van der Waals surface area (Å²) in [4.78, 5) is 13.7. The maximum absolute atomic E-state index is 11.8. The van der Waals surface area contributed by atoms with Crippen molar-refractivity contribution in [1.82, 2.24) is 4.90 Å². The molecule has 0 aliphatic carbocycles. The van der Waals surface area contributed by atoms with Gasteiger partial charge in [-0.15, -0.1) is 0 Å². The summed E-state index contributed by atoms with van der Waals surface area (Å²) in [5, 5.41) is 13.4. The summed E-state index contributed by atoms with van der Waals surface area (Å²) in [6.07, 6.45) is 0.315. The second-order valence-electron chi connectivity index (χ2n) is 5.47. The summed E-state index contributed by atoms with van der Waals surface area (Å²) in [6.45, 7) is 4.51. The van der Waals surface area contributed by atoms with Crippen molar-refractivity contribution < 1.29 is 9.90 Å². The Hall–Kier alpha value is -0.810. The number of nitrogens with one attached hydrogen (secondary N) is 1. The number of benzene rings is 1. The number of amides is 1. The van der Waals surface area contributed by atoms with Crippen LogP contribution in [0, 0.1) is 0 Å². The molecule has 0 aliphatic heterocycles. The Morgan fingerprint density at radius 3 is 2.65 bits per heavy atom. The number of aliphatic hydroxyl groups is 1. The lowest BCUT2D eigenvalue weighted by Crippen LogP contribution is -2.37. The first-order valence-corrected chi connectivity index (χ1v) is 7.09. The van der Waals surface area contributed by atoms with Gasteiger partial charge in [-0.2, -0.15) is 0 Å². The molecule has 1 amide bonds. The quantitative estimate of drug-likeness (QED) is 0.847. The molecule has 1 aromatic rings. The lowest BCUT2D eigenvalue weighted by atomic mass is 10.1. The molecule has 0 unspecified atom stereocenters. The van der Waals surface area contributed by atoms with E-state index >= 15 is 0 Å². The van der Waals surface area contributed by atoms with Gasteiger partial charge >= 0.3 is 0 Å². The molecular weight excluding hydrogens is 299 g/mol. The molecule has 0 bridgehead atoms. The zero-order valence-electron chi connectivity index (χ0n) is 11.9. The van der Waals surface area contributed by atoms with Crippen LogP contribution in [0.4, 0.5) is 5.69 Å². The molecule has 0 radical (unpaired) electrons. The fraction of sp³-hybridized carbons (Fsp3) is 0.500. The third kappa shape index (κ3) is 6.57. The number of hydrogen-bond donors (Lipinski definition) is 2. The standard InChI is InChI=1S/C14H20Cl2N2O2/c1-14(2,20)9-18(3)7-6-13(19)17-12-8-10(15)4-5-11(12)16/h4-5,8,20H,6-7,9H2,1-3H3,(H,17,19). The zero-order chi connectivity index (χ0) is 15.3. The number of rotatable bonds is 6. The van der Waals surface area contributed by atoms with E-state index in [9.17, 15) is 9.90 Å². The molecule has 4 nitrogen and oxygen atoms in total. The maximum Gasteiger partial charge on any atom is 0.225 e. The Morgan fingerprint density at radius 1 is 1.40 bits per heavy atom. The van der Waals surface area contributed by atoms with Crippen molar-refractivity contribution >= 4 is 34.8 Å². The van der Waals surface area contributed by atoms with Crippen LogP contribution >= 0.6 is 23.2 Å². The highest BCUT2D eigenvalue weighted by Crippen LogP contribution is 2.25. The van der Waals surface area contributed by atoms with E-state index in [1.54, 1.807) is 32.0 Å². The number of likely N-dealkylation sites (N-methyl/N-ethyl adjacent to an activating group) is 1. The topological polar surface area (TPSA) is 52.6 Å². The molecule has 0 atom stereocenters. The molecule has 2 N–H and O–H groups in total. The minimum absolute atomic E-state index is 0.142. The van der Waals surface area contributed by atoms with Crippen molar-refractivity contribution in [3.63, 3.8) is 0 Å². The lowest BCUT2D eigenvalue weighted by Gasteiger charge is -2.25. The number of nitrogens with zero attached hydrogens (tertiary/aromatic N) is 1. The van der Waals surface area contributed by atoms with Crippen molar-refractivity contribution in [3.05, 3.63) is 28.2 Å². The highest BCUT2D eigenvalue weighted by Gasteiger charge is 2.16. The van der Waals surface area contributed by atoms with Crippen molar-refractivity contribution in [2.45, 2.75) is 25.9 Å². The number of halogens is 2. The summed E-state index contributed by atoms with van der Waals surface area (Å²) in [5.74, 6) is -0.142. The van der Waals surface area contributed by atoms with Crippen LogP contribution in [0.5, 0.6) is 0 Å². The molecule has 1 aromatic carbocycles. The van der Waals surface area contributed by atoms with Crippen LogP contribution in [0.2, 0.25) is 10.0 Å². The fourth-order valence-corrected chi connectivity index (χ4v) is 2.17. The van der Waals surface area contributed by atoms with E-state index < -0.39 is 5.60 Å². The second kappa shape index (κ2) is 7.27. The average Bonchev–Trinajstić information content (AvgIpc) is 2.29. The van der Waals surface area contributed by atoms with Crippen molar-refractivity contribution in [1.29, 1.82) is 0 Å². The minimum Gasteiger partial charge on any atom is -0.389 e. The van der Waals surface area contributed by atoms with Crippen LogP contribution in [0.1, 0.15) is 20.3 Å². The van der Waals surface area contributed by atoms with Gasteiger partial charge in [-0.3, -0.25) is 4.79 Å². The van der Waals surface area contributed by atoms with Gasteiger partial charge in [-0.05, 0) is 39.1 Å². The molecule has 0 fully saturated rings. The molecule has 0 spiro atoms. The van der Waals surface area contributed by atoms with Crippen LogP contribution in [0.3, 0.4) is 0 Å². The monoisotopic (exact) mass is 318 g/mol. The Kier molecular flexibility index (Phi) is 6.27. The van der Waals surface area contributed by atoms with E-state index in [2.05, 4.69) is 5.32 Å². The first-order valence-electron chi connectivity index (χ1n) is 6.33. The van der Waals surface area contributed by atoms with E-state index in [1.165, 1.54) is 0 Å². The zero-order valence-corrected chi connectivity index (χ0v) is 13.4. The Morgan fingerprint density at radius 2 is 2.05 bits per heavy atom. The molecule has 0 aromatic heterocycles. The first kappa shape index (κ1) is 17.2. The van der Waals surface area contributed by atoms with Crippen molar-refractivity contribution in [3.8, 4) is 0 Å². The van der Waals surface area contributed by atoms with E-state index in [4.69, 9.17) is 23.2 Å². The van der Waals surface area contributed by atoms with E-state index in [-0.39, 0.29) is 5.91 Å². The molecule has 0 aliphatic rings. The highest BCUT2D eigenvalue weighted by atomic mass is 35.5. The predicted molar refractivity (Wildman–Crippen MR) is 83.5 cm³/mol. The molecule has 0 saturated carbocycles. The van der Waals surface area contributed by atoms with Gasteiger partial charge in [0.2, 0.25) is 5.91 Å². The minimum atomic E-state index is -0.776. The van der Waals surface area contributed by atoms with Gasteiger partial charge < -0.3 is 15.3 Å². The summed E-state index contributed by atoms with van der Waals surface area (Å²) < 4.78 is 0. The normalized spacial score (nSPS) is 11.8. The molecule has 0 heterocycles. The Balaban J connectivity index is 2.46. The summed E-state index contributed by atoms with van der Waals surface area (Å²) in [6, 6.07) is 4.92. The van der Waals surface area contributed by atoms with Crippen LogP contribution < -0.4 is 5.32 Å². The van der Waals surface area contributed by atoms with Gasteiger partial charge in [-0.25, -0.2) is 0 Å². The van der Waals surface area contributed by atoms with Crippen LogP contribution in [0.25, 0.3) is 0 Å². The average molecular weight is 319 g/mol. The van der Waals surface area contributed by atoms with Gasteiger partial charge in [-0.1, -0.05) is 23.2 Å². The van der Waals surface area contributed by atoms with E-state index in [0.29, 0.717) is 35.2 Å². The SMILES string of the molecule is CN(CCC(=O)Nc1cc(Cl)ccc1Cl)CC(C)(C)O. The third-order valence-corrected chi connectivity index (χ3v) is 3.14. The summed E-state index contributed by atoms with van der Waals surface area (Å²) in [5.41, 5.74) is -0.268. The highest BCUT2D eigenvalue weighted by molar-refractivity contribution is 6.35. The lowest BCUT2D eigenvalue weighted by molar-refractivity contribution is -0.116. The second-order valence-corrected chi connectivity index (χ2v) is 6.32. The third-order valence-electron chi connectivity index (χ3n) is 2.58. The van der Waals surface area contributed by atoms with Gasteiger partial charge in [0.1, 0.15) is 0 Å². The first-order chi connectivity index (χ1) is 9.17. The number of anilines is 1. The van der Waals surface area contributed by atoms with E-state index in [1.807, 2.05) is 11.9 Å². The molecule has 6 heteroatoms. The summed E-state index contributed by atoms with van der Waals surface area (Å²) >= 11 is 11.8. The Bertz CT molecular complexity index is 473. The number of carbonyl (C=O) groups excluding carboxylic acids is 1. The number of hydrogen-bond acceptors (Lipinski definition) is 3. The molecule has 1 rings (SSSR count). The van der Waals surface area contributed by atoms with Gasteiger partial charge in [0, 0.05) is 24.5 Å². The van der Waals surface area contributed by atoms with Gasteiger partial charge in [0.25, 0.3) is 0 Å².